The van der Waals surface area contributed by atoms with Crippen molar-refractivity contribution in [2.45, 2.75) is 43.9 Å². The molecule has 0 bridgehead atoms. The van der Waals surface area contributed by atoms with Crippen LogP contribution in [0.5, 0.6) is 0 Å². The van der Waals surface area contributed by atoms with E-state index in [1.54, 1.807) is 12.1 Å². The van der Waals surface area contributed by atoms with E-state index < -0.39 is 10.0 Å². The van der Waals surface area contributed by atoms with E-state index in [1.165, 1.54) is 0 Å². The Morgan fingerprint density at radius 2 is 1.72 bits per heavy atom. The van der Waals surface area contributed by atoms with Gasteiger partial charge < -0.3 is 5.73 Å². The lowest BCUT2D eigenvalue weighted by atomic mass is 10.0. The van der Waals surface area contributed by atoms with E-state index in [2.05, 4.69) is 4.72 Å². The van der Waals surface area contributed by atoms with E-state index in [9.17, 15) is 8.42 Å². The zero-order valence-electron chi connectivity index (χ0n) is 10.4. The van der Waals surface area contributed by atoms with Gasteiger partial charge in [0.1, 0.15) is 0 Å². The first-order valence-electron chi connectivity index (χ1n) is 6.42. The molecule has 1 saturated carbocycles. The molecule has 0 aliphatic heterocycles. The normalized spacial score (nSPS) is 17.6. The maximum absolute atomic E-state index is 12.2. The number of benzene rings is 1. The van der Waals surface area contributed by atoms with Gasteiger partial charge in [-0.2, -0.15) is 0 Å². The van der Waals surface area contributed by atoms with Gasteiger partial charge in [-0.25, -0.2) is 8.42 Å². The van der Waals surface area contributed by atoms with Crippen LogP contribution in [0.1, 0.15) is 37.7 Å². The van der Waals surface area contributed by atoms with Crippen LogP contribution in [0.15, 0.2) is 24.3 Å². The molecule has 18 heavy (non-hydrogen) atoms. The number of rotatable bonds is 4. The molecule has 0 aromatic heterocycles. The van der Waals surface area contributed by atoms with Crippen molar-refractivity contribution >= 4 is 15.7 Å². The summed E-state index contributed by atoms with van der Waals surface area (Å²) in [5.74, 6) is 0. The Kier molecular flexibility index (Phi) is 4.24. The monoisotopic (exact) mass is 268 g/mol. The van der Waals surface area contributed by atoms with Crippen LogP contribution in [0.4, 0.5) is 5.69 Å². The second-order valence-electron chi connectivity index (χ2n) is 4.81. The third-order valence-corrected chi connectivity index (χ3v) is 5.31. The van der Waals surface area contributed by atoms with E-state index in [1.807, 2.05) is 12.1 Å². The zero-order valence-corrected chi connectivity index (χ0v) is 11.2. The van der Waals surface area contributed by atoms with Gasteiger partial charge in [-0.3, -0.25) is 4.72 Å². The van der Waals surface area contributed by atoms with Crippen LogP contribution >= 0.6 is 0 Å². The van der Waals surface area contributed by atoms with E-state index in [0.29, 0.717) is 12.2 Å². The Bertz CT molecular complexity index is 476. The van der Waals surface area contributed by atoms with Crippen LogP contribution in [0.25, 0.3) is 0 Å². The van der Waals surface area contributed by atoms with Gasteiger partial charge in [0.25, 0.3) is 0 Å². The predicted molar refractivity (Wildman–Crippen MR) is 73.7 cm³/mol. The Morgan fingerprint density at radius 3 is 2.28 bits per heavy atom. The van der Waals surface area contributed by atoms with Crippen LogP contribution in [0.2, 0.25) is 0 Å². The average Bonchev–Trinajstić information content (AvgIpc) is 2.40. The van der Waals surface area contributed by atoms with E-state index in [0.717, 1.165) is 37.7 Å². The third-order valence-electron chi connectivity index (χ3n) is 3.44. The first kappa shape index (κ1) is 13.4. The fourth-order valence-corrected chi connectivity index (χ4v) is 3.92. The van der Waals surface area contributed by atoms with Crippen LogP contribution in [-0.4, -0.2) is 13.7 Å². The van der Waals surface area contributed by atoms with Gasteiger partial charge in [-0.1, -0.05) is 31.4 Å². The minimum atomic E-state index is -3.24. The molecule has 3 N–H and O–H groups in total. The summed E-state index contributed by atoms with van der Waals surface area (Å²) in [5, 5.41) is -0.236. The topological polar surface area (TPSA) is 72.2 Å². The molecule has 0 radical (unpaired) electrons. The number of sulfonamides is 1. The fraction of sp³-hybridized carbons (Fsp3) is 0.538. The van der Waals surface area contributed by atoms with Gasteiger partial charge in [0.2, 0.25) is 10.0 Å². The molecule has 0 heterocycles. The van der Waals surface area contributed by atoms with Gasteiger partial charge in [0.15, 0.2) is 0 Å². The number of nitrogens with two attached hydrogens (primary N) is 1. The van der Waals surface area contributed by atoms with Crippen molar-refractivity contribution < 1.29 is 8.42 Å². The summed E-state index contributed by atoms with van der Waals surface area (Å²) >= 11 is 0. The highest BCUT2D eigenvalue weighted by Gasteiger charge is 2.26. The minimum Gasteiger partial charge on any atom is -0.326 e. The molecule has 1 aromatic rings. The summed E-state index contributed by atoms with van der Waals surface area (Å²) < 4.78 is 27.0. The Balaban J connectivity index is 2.06. The van der Waals surface area contributed by atoms with Crippen LogP contribution < -0.4 is 10.5 Å². The molecule has 1 fully saturated rings. The number of hydrogen-bond donors (Lipinski definition) is 2. The van der Waals surface area contributed by atoms with Crippen LogP contribution in [0.3, 0.4) is 0 Å². The highest BCUT2D eigenvalue weighted by molar-refractivity contribution is 7.93. The fourth-order valence-electron chi connectivity index (χ4n) is 2.33. The van der Waals surface area contributed by atoms with Crippen molar-refractivity contribution in [1.29, 1.82) is 0 Å². The van der Waals surface area contributed by atoms with E-state index >= 15 is 0 Å². The maximum Gasteiger partial charge on any atom is 0.235 e. The highest BCUT2D eigenvalue weighted by atomic mass is 32.2. The zero-order chi connectivity index (χ0) is 13.0. The van der Waals surface area contributed by atoms with Crippen molar-refractivity contribution in [1.82, 2.24) is 0 Å². The molecule has 0 saturated heterocycles. The Hall–Kier alpha value is -1.07. The molecule has 0 amide bonds. The van der Waals surface area contributed by atoms with Gasteiger partial charge in [0, 0.05) is 12.2 Å². The van der Waals surface area contributed by atoms with Gasteiger partial charge in [-0.05, 0) is 30.5 Å². The highest BCUT2D eigenvalue weighted by Crippen LogP contribution is 2.25. The second kappa shape index (κ2) is 5.71. The summed E-state index contributed by atoms with van der Waals surface area (Å²) in [6, 6.07) is 7.22. The SMILES string of the molecule is NCc1ccc(NS(=O)(=O)C2CCCCC2)cc1. The van der Waals surface area contributed by atoms with Crippen molar-refractivity contribution in [3.05, 3.63) is 29.8 Å². The molecule has 0 spiro atoms. The number of hydrogen-bond acceptors (Lipinski definition) is 3. The molecule has 1 aliphatic carbocycles. The number of nitrogens with one attached hydrogen (secondary N) is 1. The molecule has 1 aliphatic rings. The quantitative estimate of drug-likeness (QED) is 0.879. The standard InChI is InChI=1S/C13H20N2O2S/c14-10-11-6-8-12(9-7-11)15-18(16,17)13-4-2-1-3-5-13/h6-9,13,15H,1-5,10,14H2. The predicted octanol–water partition coefficient (Wildman–Crippen LogP) is 2.22. The largest absolute Gasteiger partial charge is 0.326 e. The molecular formula is C13H20N2O2S. The molecular weight excluding hydrogens is 248 g/mol. The first-order chi connectivity index (χ1) is 8.62. The van der Waals surface area contributed by atoms with Crippen LogP contribution in [-0.2, 0) is 16.6 Å². The Labute approximate surface area is 109 Å². The van der Waals surface area contributed by atoms with Crippen molar-refractivity contribution in [2.24, 2.45) is 5.73 Å². The lowest BCUT2D eigenvalue weighted by Gasteiger charge is -2.22. The summed E-state index contributed by atoms with van der Waals surface area (Å²) in [5.41, 5.74) is 7.12. The third kappa shape index (κ3) is 3.23. The summed E-state index contributed by atoms with van der Waals surface area (Å²) in [6.45, 7) is 0.468. The molecule has 4 nitrogen and oxygen atoms in total. The molecule has 0 atom stereocenters. The van der Waals surface area contributed by atoms with Gasteiger partial charge >= 0.3 is 0 Å². The Morgan fingerprint density at radius 1 is 1.11 bits per heavy atom. The maximum atomic E-state index is 12.2. The summed E-state index contributed by atoms with van der Waals surface area (Å²) in [7, 11) is -3.24. The lowest BCUT2D eigenvalue weighted by Crippen LogP contribution is -2.29. The van der Waals surface area contributed by atoms with Crippen molar-refractivity contribution in [3.63, 3.8) is 0 Å². The minimum absolute atomic E-state index is 0.236. The smallest absolute Gasteiger partial charge is 0.235 e. The first-order valence-corrected chi connectivity index (χ1v) is 7.97. The van der Waals surface area contributed by atoms with Crippen LogP contribution in [0, 0.1) is 0 Å². The van der Waals surface area contributed by atoms with Gasteiger partial charge in [0.05, 0.1) is 5.25 Å². The van der Waals surface area contributed by atoms with E-state index in [4.69, 9.17) is 5.73 Å². The van der Waals surface area contributed by atoms with Gasteiger partial charge in [-0.15, -0.1) is 0 Å². The molecule has 100 valence electrons. The lowest BCUT2D eigenvalue weighted by molar-refractivity contribution is 0.486. The molecule has 5 heteroatoms. The van der Waals surface area contributed by atoms with E-state index in [-0.39, 0.29) is 5.25 Å². The molecule has 2 rings (SSSR count). The summed E-state index contributed by atoms with van der Waals surface area (Å²) in [6.07, 6.45) is 4.72. The summed E-state index contributed by atoms with van der Waals surface area (Å²) in [4.78, 5) is 0. The van der Waals surface area contributed by atoms with Crippen molar-refractivity contribution in [3.8, 4) is 0 Å². The van der Waals surface area contributed by atoms with Crippen molar-refractivity contribution in [2.75, 3.05) is 4.72 Å². The average molecular weight is 268 g/mol. The molecule has 0 unspecified atom stereocenters. The number of anilines is 1. The second-order valence-corrected chi connectivity index (χ2v) is 6.77. The molecule has 1 aromatic carbocycles.